The number of carbonyl (C=O) groups is 2. The van der Waals surface area contributed by atoms with Gasteiger partial charge in [-0.15, -0.1) is 0 Å². The van der Waals surface area contributed by atoms with E-state index >= 15 is 0 Å². The van der Waals surface area contributed by atoms with Crippen LogP contribution in [0.1, 0.15) is 28.9 Å². The molecule has 32 heavy (non-hydrogen) atoms. The van der Waals surface area contributed by atoms with Gasteiger partial charge in [0.2, 0.25) is 5.91 Å². The molecule has 0 radical (unpaired) electrons. The van der Waals surface area contributed by atoms with Gasteiger partial charge in [-0.3, -0.25) is 9.59 Å². The maximum atomic E-state index is 13.8. The van der Waals surface area contributed by atoms with Crippen molar-refractivity contribution in [3.8, 4) is 5.69 Å². The molecule has 1 fully saturated rings. The van der Waals surface area contributed by atoms with Crippen molar-refractivity contribution in [1.82, 2.24) is 9.78 Å². The van der Waals surface area contributed by atoms with Crippen LogP contribution in [-0.4, -0.2) is 28.1 Å². The summed E-state index contributed by atoms with van der Waals surface area (Å²) in [5.74, 6) is -1.07. The van der Waals surface area contributed by atoms with Gasteiger partial charge in [0, 0.05) is 23.7 Å². The summed E-state index contributed by atoms with van der Waals surface area (Å²) in [6.45, 7) is 0.530. The summed E-state index contributed by atoms with van der Waals surface area (Å²) in [5, 5.41) is 6.59. The van der Waals surface area contributed by atoms with Crippen LogP contribution >= 0.6 is 23.2 Å². The summed E-state index contributed by atoms with van der Waals surface area (Å²) in [6.07, 6.45) is -2.88. The Kier molecular flexibility index (Phi) is 5.87. The lowest BCUT2D eigenvalue weighted by Crippen LogP contribution is -2.24. The number of anilines is 2. The van der Waals surface area contributed by atoms with Crippen molar-refractivity contribution < 1.29 is 22.8 Å². The number of alkyl halides is 3. The fourth-order valence-corrected chi connectivity index (χ4v) is 3.96. The van der Waals surface area contributed by atoms with E-state index < -0.39 is 23.3 Å². The summed E-state index contributed by atoms with van der Waals surface area (Å²) in [6, 6.07) is 10.1. The zero-order chi connectivity index (χ0) is 23.0. The number of amides is 2. The summed E-state index contributed by atoms with van der Waals surface area (Å²) in [5.41, 5.74) is -1.17. The van der Waals surface area contributed by atoms with E-state index in [0.717, 1.165) is 6.20 Å². The van der Waals surface area contributed by atoms with Crippen LogP contribution in [0.4, 0.5) is 24.5 Å². The van der Waals surface area contributed by atoms with Crippen molar-refractivity contribution in [3.63, 3.8) is 0 Å². The van der Waals surface area contributed by atoms with Crippen molar-refractivity contribution in [3.05, 3.63) is 70.0 Å². The smallest absolute Gasteiger partial charge is 0.322 e. The molecule has 0 bridgehead atoms. The van der Waals surface area contributed by atoms with Crippen LogP contribution in [0, 0.1) is 0 Å². The Hall–Kier alpha value is -3.04. The summed E-state index contributed by atoms with van der Waals surface area (Å²) >= 11 is 12.1. The van der Waals surface area contributed by atoms with Crippen molar-refractivity contribution >= 4 is 46.4 Å². The van der Waals surface area contributed by atoms with Gasteiger partial charge in [-0.2, -0.15) is 18.3 Å². The van der Waals surface area contributed by atoms with Crippen molar-refractivity contribution in [2.45, 2.75) is 19.0 Å². The molecule has 0 spiro atoms. The second-order valence-electron chi connectivity index (χ2n) is 7.07. The first-order valence-corrected chi connectivity index (χ1v) is 10.2. The Morgan fingerprint density at radius 2 is 1.91 bits per heavy atom. The third kappa shape index (κ3) is 4.31. The molecule has 0 unspecified atom stereocenters. The van der Waals surface area contributed by atoms with Gasteiger partial charge in [-0.1, -0.05) is 29.3 Å². The molecule has 6 nitrogen and oxygen atoms in total. The first-order valence-electron chi connectivity index (χ1n) is 9.47. The molecule has 11 heteroatoms. The van der Waals surface area contributed by atoms with Gasteiger partial charge in [0.1, 0.15) is 0 Å². The molecular weight excluding hydrogens is 468 g/mol. The molecule has 1 aliphatic rings. The summed E-state index contributed by atoms with van der Waals surface area (Å²) < 4.78 is 42.1. The second kappa shape index (κ2) is 8.48. The van der Waals surface area contributed by atoms with E-state index in [1.807, 2.05) is 0 Å². The lowest BCUT2D eigenvalue weighted by molar-refractivity contribution is -0.143. The SMILES string of the molecule is O=C(Nc1ccc(N2CCCC2=O)c(Cl)c1)c1cnn(-c2cccc(Cl)c2)c1C(F)(F)F. The Morgan fingerprint density at radius 3 is 2.53 bits per heavy atom. The maximum Gasteiger partial charge on any atom is 0.434 e. The summed E-state index contributed by atoms with van der Waals surface area (Å²) in [4.78, 5) is 26.2. The normalized spacial score (nSPS) is 14.2. The molecule has 2 amide bonds. The Labute approximate surface area is 190 Å². The quantitative estimate of drug-likeness (QED) is 0.527. The number of halogens is 5. The van der Waals surface area contributed by atoms with Crippen LogP contribution in [0.2, 0.25) is 10.0 Å². The molecule has 2 heterocycles. The molecule has 166 valence electrons. The predicted octanol–water partition coefficient (Wildman–Crippen LogP) is 5.58. The molecule has 0 aliphatic carbocycles. The molecule has 1 aliphatic heterocycles. The van der Waals surface area contributed by atoms with Crippen LogP contribution in [0.5, 0.6) is 0 Å². The molecule has 1 N–H and O–H groups in total. The first kappa shape index (κ1) is 22.2. The molecule has 3 aromatic rings. The highest BCUT2D eigenvalue weighted by Gasteiger charge is 2.40. The lowest BCUT2D eigenvalue weighted by Gasteiger charge is -2.18. The van der Waals surface area contributed by atoms with E-state index in [0.29, 0.717) is 29.8 Å². The van der Waals surface area contributed by atoms with Gasteiger partial charge in [0.05, 0.1) is 28.2 Å². The van der Waals surface area contributed by atoms with Crippen molar-refractivity contribution in [2.24, 2.45) is 0 Å². The zero-order valence-corrected chi connectivity index (χ0v) is 17.8. The van der Waals surface area contributed by atoms with Gasteiger partial charge in [-0.25, -0.2) is 4.68 Å². The first-order chi connectivity index (χ1) is 15.1. The van der Waals surface area contributed by atoms with Crippen LogP contribution in [0.25, 0.3) is 5.69 Å². The fourth-order valence-electron chi connectivity index (χ4n) is 3.50. The number of rotatable bonds is 4. The maximum absolute atomic E-state index is 13.8. The number of hydrogen-bond donors (Lipinski definition) is 1. The standard InChI is InChI=1S/C21H15Cl2F3N4O2/c22-12-3-1-4-14(9-12)30-19(21(24,25)26)15(11-27-30)20(32)28-13-6-7-17(16(23)10-13)29-8-2-5-18(29)31/h1,3-4,6-7,9-11H,2,5,8H2,(H,28,32). The monoisotopic (exact) mass is 482 g/mol. The average Bonchev–Trinajstić information content (AvgIpc) is 3.35. The summed E-state index contributed by atoms with van der Waals surface area (Å²) in [7, 11) is 0. The number of aromatic nitrogens is 2. The Morgan fingerprint density at radius 1 is 1.12 bits per heavy atom. The second-order valence-corrected chi connectivity index (χ2v) is 7.91. The third-order valence-electron chi connectivity index (χ3n) is 4.90. The number of nitrogens with one attached hydrogen (secondary N) is 1. The van der Waals surface area contributed by atoms with E-state index in [4.69, 9.17) is 23.2 Å². The van der Waals surface area contributed by atoms with Gasteiger partial charge in [-0.05, 0) is 42.8 Å². The highest BCUT2D eigenvalue weighted by molar-refractivity contribution is 6.34. The predicted molar refractivity (Wildman–Crippen MR) is 115 cm³/mol. The number of benzene rings is 2. The number of carbonyl (C=O) groups excluding carboxylic acids is 2. The van der Waals surface area contributed by atoms with Gasteiger partial charge in [0.15, 0.2) is 5.69 Å². The van der Waals surface area contributed by atoms with Crippen LogP contribution in [0.3, 0.4) is 0 Å². The topological polar surface area (TPSA) is 67.2 Å². The highest BCUT2D eigenvalue weighted by Crippen LogP contribution is 2.35. The minimum atomic E-state index is -4.86. The lowest BCUT2D eigenvalue weighted by atomic mass is 10.2. The van der Waals surface area contributed by atoms with Crippen molar-refractivity contribution in [1.29, 1.82) is 0 Å². The van der Waals surface area contributed by atoms with Gasteiger partial charge < -0.3 is 10.2 Å². The number of hydrogen-bond acceptors (Lipinski definition) is 3. The molecule has 0 saturated carbocycles. The molecule has 1 aromatic heterocycles. The Bertz CT molecular complexity index is 1210. The molecule has 0 atom stereocenters. The van der Waals surface area contributed by atoms with Crippen molar-refractivity contribution in [2.75, 3.05) is 16.8 Å². The van der Waals surface area contributed by atoms with Crippen LogP contribution < -0.4 is 10.2 Å². The van der Waals surface area contributed by atoms with E-state index in [2.05, 4.69) is 10.4 Å². The molecule has 4 rings (SSSR count). The molecule has 2 aromatic carbocycles. The van der Waals surface area contributed by atoms with Crippen LogP contribution in [0.15, 0.2) is 48.7 Å². The zero-order valence-electron chi connectivity index (χ0n) is 16.3. The fraction of sp³-hybridized carbons (Fsp3) is 0.190. The minimum absolute atomic E-state index is 0.0616. The van der Waals surface area contributed by atoms with Crippen LogP contribution in [-0.2, 0) is 11.0 Å². The average molecular weight is 483 g/mol. The molecular formula is C21H15Cl2F3N4O2. The highest BCUT2D eigenvalue weighted by atomic mass is 35.5. The molecule has 1 saturated heterocycles. The van der Waals surface area contributed by atoms with E-state index in [-0.39, 0.29) is 27.3 Å². The van der Waals surface area contributed by atoms with Gasteiger partial charge >= 0.3 is 6.18 Å². The van der Waals surface area contributed by atoms with E-state index in [1.54, 1.807) is 6.07 Å². The van der Waals surface area contributed by atoms with E-state index in [9.17, 15) is 22.8 Å². The number of nitrogens with zero attached hydrogens (tertiary/aromatic N) is 3. The largest absolute Gasteiger partial charge is 0.434 e. The Balaban J connectivity index is 1.64. The third-order valence-corrected chi connectivity index (χ3v) is 5.44. The van der Waals surface area contributed by atoms with Gasteiger partial charge in [0.25, 0.3) is 5.91 Å². The minimum Gasteiger partial charge on any atom is -0.322 e. The van der Waals surface area contributed by atoms with E-state index in [1.165, 1.54) is 41.3 Å².